The molecule has 0 aliphatic rings. The fourth-order valence-electron chi connectivity index (χ4n) is 2.31. The third kappa shape index (κ3) is 5.79. The number of rotatable bonds is 7. The zero-order valence-electron chi connectivity index (χ0n) is 14.2. The van der Waals surface area contributed by atoms with E-state index in [4.69, 9.17) is 21.7 Å². The lowest BCUT2D eigenvalue weighted by molar-refractivity contribution is 0.217. The number of hydrogen-bond acceptors (Lipinski definition) is 3. The fourth-order valence-corrected chi connectivity index (χ4v) is 2.55. The molecule has 26 heavy (non-hydrogen) atoms. The van der Waals surface area contributed by atoms with Gasteiger partial charge in [0.05, 0.1) is 0 Å². The van der Waals surface area contributed by atoms with Crippen LogP contribution in [-0.4, -0.2) is 18.3 Å². The van der Waals surface area contributed by atoms with Crippen LogP contribution in [0.1, 0.15) is 0 Å². The first kappa shape index (κ1) is 17.8. The molecule has 0 aliphatic carbocycles. The van der Waals surface area contributed by atoms with Crippen molar-refractivity contribution < 1.29 is 9.47 Å². The van der Waals surface area contributed by atoms with E-state index in [2.05, 4.69) is 10.6 Å². The van der Waals surface area contributed by atoms with E-state index in [1.807, 2.05) is 84.9 Å². The molecule has 5 heteroatoms. The molecule has 0 aliphatic heterocycles. The third-order valence-corrected chi connectivity index (χ3v) is 3.69. The Labute approximate surface area is 158 Å². The van der Waals surface area contributed by atoms with E-state index in [1.165, 1.54) is 0 Å². The van der Waals surface area contributed by atoms with Gasteiger partial charge in [0.15, 0.2) is 5.11 Å². The average Bonchev–Trinajstić information content (AvgIpc) is 2.67. The molecule has 3 aromatic rings. The van der Waals surface area contributed by atoms with Crippen LogP contribution in [0.25, 0.3) is 0 Å². The topological polar surface area (TPSA) is 42.5 Å². The van der Waals surface area contributed by atoms with Crippen LogP contribution in [0.3, 0.4) is 0 Å². The molecule has 0 fully saturated rings. The number of thiocarbonyl (C=S) groups is 1. The number of anilines is 2. The van der Waals surface area contributed by atoms with Gasteiger partial charge in [-0.1, -0.05) is 42.5 Å². The Balaban J connectivity index is 1.46. The van der Waals surface area contributed by atoms with Crippen molar-refractivity contribution >= 4 is 28.7 Å². The highest BCUT2D eigenvalue weighted by Crippen LogP contribution is 2.18. The Morgan fingerprint density at radius 2 is 1.19 bits per heavy atom. The summed E-state index contributed by atoms with van der Waals surface area (Å²) >= 11 is 5.34. The van der Waals surface area contributed by atoms with Crippen LogP contribution in [0.15, 0.2) is 84.9 Å². The second-order valence-electron chi connectivity index (χ2n) is 5.48. The molecule has 0 unspecified atom stereocenters. The van der Waals surface area contributed by atoms with Crippen LogP contribution >= 0.6 is 12.2 Å². The van der Waals surface area contributed by atoms with Gasteiger partial charge in [0, 0.05) is 17.4 Å². The highest BCUT2D eigenvalue weighted by atomic mass is 32.1. The fraction of sp³-hybridized carbons (Fsp3) is 0.0952. The smallest absolute Gasteiger partial charge is 0.175 e. The summed E-state index contributed by atoms with van der Waals surface area (Å²) in [4.78, 5) is 0. The van der Waals surface area contributed by atoms with Crippen molar-refractivity contribution in [1.29, 1.82) is 0 Å². The summed E-state index contributed by atoms with van der Waals surface area (Å²) in [5.74, 6) is 1.60. The maximum Gasteiger partial charge on any atom is 0.175 e. The van der Waals surface area contributed by atoms with Crippen LogP contribution in [-0.2, 0) is 0 Å². The molecule has 0 saturated heterocycles. The molecule has 2 N–H and O–H groups in total. The first-order chi connectivity index (χ1) is 12.8. The molecule has 0 radical (unpaired) electrons. The molecular formula is C21H20N2O2S. The van der Waals surface area contributed by atoms with E-state index < -0.39 is 0 Å². The molecule has 3 aromatic carbocycles. The average molecular weight is 364 g/mol. The summed E-state index contributed by atoms with van der Waals surface area (Å²) in [6.07, 6.45) is 0. The van der Waals surface area contributed by atoms with Gasteiger partial charge < -0.3 is 20.1 Å². The van der Waals surface area contributed by atoms with Crippen molar-refractivity contribution in [2.75, 3.05) is 23.8 Å². The minimum absolute atomic E-state index is 0.463. The maximum atomic E-state index is 5.74. The minimum atomic E-state index is 0.463. The van der Waals surface area contributed by atoms with Gasteiger partial charge in [-0.25, -0.2) is 0 Å². The Morgan fingerprint density at radius 1 is 0.654 bits per heavy atom. The van der Waals surface area contributed by atoms with Crippen molar-refractivity contribution in [2.24, 2.45) is 0 Å². The van der Waals surface area contributed by atoms with Gasteiger partial charge in [0.25, 0.3) is 0 Å². The first-order valence-electron chi connectivity index (χ1n) is 8.33. The molecule has 0 aromatic heterocycles. The maximum absolute atomic E-state index is 5.74. The van der Waals surface area contributed by atoms with Crippen LogP contribution in [0.2, 0.25) is 0 Å². The van der Waals surface area contributed by atoms with E-state index >= 15 is 0 Å². The number of hydrogen-bond donors (Lipinski definition) is 2. The Morgan fingerprint density at radius 3 is 1.92 bits per heavy atom. The summed E-state index contributed by atoms with van der Waals surface area (Å²) < 4.78 is 11.4. The third-order valence-electron chi connectivity index (χ3n) is 3.49. The van der Waals surface area contributed by atoms with Crippen molar-refractivity contribution in [2.45, 2.75) is 0 Å². The molecule has 0 spiro atoms. The standard InChI is InChI=1S/C21H20N2O2S/c26-21(22-17-8-3-1-4-9-17)23-18-10-7-13-20(16-18)25-15-14-24-19-11-5-2-6-12-19/h1-13,16H,14-15H2,(H2,22,23,26). The quantitative estimate of drug-likeness (QED) is 0.458. The number of ether oxygens (including phenoxy) is 2. The zero-order valence-corrected chi connectivity index (χ0v) is 15.0. The molecule has 0 amide bonds. The molecule has 0 bridgehead atoms. The molecule has 0 atom stereocenters. The second kappa shape index (κ2) is 9.44. The molecule has 0 heterocycles. The van der Waals surface area contributed by atoms with Crippen molar-refractivity contribution in [1.82, 2.24) is 0 Å². The van der Waals surface area contributed by atoms with Gasteiger partial charge >= 0.3 is 0 Å². The highest BCUT2D eigenvalue weighted by molar-refractivity contribution is 7.80. The van der Waals surface area contributed by atoms with Gasteiger partial charge in [0.2, 0.25) is 0 Å². The number of benzene rings is 3. The van der Waals surface area contributed by atoms with Crippen LogP contribution < -0.4 is 20.1 Å². The second-order valence-corrected chi connectivity index (χ2v) is 5.89. The Kier molecular flexibility index (Phi) is 6.45. The summed E-state index contributed by atoms with van der Waals surface area (Å²) in [5.41, 5.74) is 1.80. The van der Waals surface area contributed by atoms with E-state index in [0.717, 1.165) is 22.9 Å². The van der Waals surface area contributed by atoms with Gasteiger partial charge in [-0.3, -0.25) is 0 Å². The molecule has 0 saturated carbocycles. The monoisotopic (exact) mass is 364 g/mol. The van der Waals surface area contributed by atoms with Crippen LogP contribution in [0, 0.1) is 0 Å². The van der Waals surface area contributed by atoms with E-state index in [9.17, 15) is 0 Å². The largest absolute Gasteiger partial charge is 0.490 e. The molecule has 3 rings (SSSR count). The van der Waals surface area contributed by atoms with Crippen molar-refractivity contribution in [3.8, 4) is 11.5 Å². The zero-order chi connectivity index (χ0) is 18.0. The predicted octanol–water partition coefficient (Wildman–Crippen LogP) is 4.95. The van der Waals surface area contributed by atoms with Crippen molar-refractivity contribution in [3.05, 3.63) is 84.9 Å². The molecule has 4 nitrogen and oxygen atoms in total. The number of nitrogens with one attached hydrogen (secondary N) is 2. The van der Waals surface area contributed by atoms with E-state index in [0.29, 0.717) is 18.3 Å². The lowest BCUT2D eigenvalue weighted by Crippen LogP contribution is -2.19. The summed E-state index contributed by atoms with van der Waals surface area (Å²) in [7, 11) is 0. The molecule has 132 valence electrons. The normalized spacial score (nSPS) is 10.0. The summed E-state index contributed by atoms with van der Waals surface area (Å²) in [5, 5.41) is 6.82. The summed E-state index contributed by atoms with van der Waals surface area (Å²) in [6, 6.07) is 27.1. The van der Waals surface area contributed by atoms with Gasteiger partial charge in [0.1, 0.15) is 24.7 Å². The number of para-hydroxylation sites is 2. The lowest BCUT2D eigenvalue weighted by Gasteiger charge is -2.12. The van der Waals surface area contributed by atoms with Gasteiger partial charge in [-0.05, 0) is 48.6 Å². The first-order valence-corrected chi connectivity index (χ1v) is 8.74. The molecular weight excluding hydrogens is 344 g/mol. The highest BCUT2D eigenvalue weighted by Gasteiger charge is 2.01. The van der Waals surface area contributed by atoms with Crippen molar-refractivity contribution in [3.63, 3.8) is 0 Å². The lowest BCUT2D eigenvalue weighted by atomic mass is 10.3. The van der Waals surface area contributed by atoms with E-state index in [-0.39, 0.29) is 0 Å². The van der Waals surface area contributed by atoms with Gasteiger partial charge in [-0.15, -0.1) is 0 Å². The van der Waals surface area contributed by atoms with E-state index in [1.54, 1.807) is 0 Å². The Bertz CT molecular complexity index is 826. The SMILES string of the molecule is S=C(Nc1ccccc1)Nc1cccc(OCCOc2ccccc2)c1. The minimum Gasteiger partial charge on any atom is -0.490 e. The Hall–Kier alpha value is -3.05. The van der Waals surface area contributed by atoms with Crippen LogP contribution in [0.4, 0.5) is 11.4 Å². The summed E-state index contributed by atoms with van der Waals surface area (Å²) in [6.45, 7) is 0.945. The van der Waals surface area contributed by atoms with Gasteiger partial charge in [-0.2, -0.15) is 0 Å². The van der Waals surface area contributed by atoms with Crippen LogP contribution in [0.5, 0.6) is 11.5 Å². The predicted molar refractivity (Wildman–Crippen MR) is 110 cm³/mol.